The van der Waals surface area contributed by atoms with E-state index in [2.05, 4.69) is 4.98 Å². The molecule has 0 unspecified atom stereocenters. The number of carbonyl (C=O) groups is 1. The summed E-state index contributed by atoms with van der Waals surface area (Å²) in [4.78, 5) is 31.8. The van der Waals surface area contributed by atoms with Crippen LogP contribution in [0.2, 0.25) is 0 Å². The first kappa shape index (κ1) is 21.7. The van der Waals surface area contributed by atoms with Crippen molar-refractivity contribution < 1.29 is 22.7 Å². The summed E-state index contributed by atoms with van der Waals surface area (Å²) in [6, 6.07) is 6.09. The number of amides is 1. The van der Waals surface area contributed by atoms with Crippen LogP contribution >= 0.6 is 0 Å². The van der Waals surface area contributed by atoms with Gasteiger partial charge >= 0.3 is 6.18 Å². The van der Waals surface area contributed by atoms with E-state index >= 15 is 0 Å². The molecule has 3 heterocycles. The van der Waals surface area contributed by atoms with E-state index in [4.69, 9.17) is 4.74 Å². The van der Waals surface area contributed by atoms with Crippen LogP contribution in [-0.4, -0.2) is 38.1 Å². The van der Waals surface area contributed by atoms with Crippen LogP contribution in [0.3, 0.4) is 0 Å². The van der Waals surface area contributed by atoms with Crippen molar-refractivity contribution in [2.75, 3.05) is 7.11 Å². The number of rotatable bonds is 4. The standard InChI is InChI=1S/C22H21F3N4O3/c1-13-9-27(12-26-13)18-4-5-19-21(31)28(14(2)10-29(19)20(18)30)11-15-6-16(22(23,24)25)8-17(7-15)32-3/h4-9,12,14H,10-11H2,1-3H3/t14-/m1/s1. The van der Waals surface area contributed by atoms with Crippen LogP contribution in [0.15, 0.2) is 47.7 Å². The summed E-state index contributed by atoms with van der Waals surface area (Å²) in [7, 11) is 1.29. The minimum atomic E-state index is -4.54. The Morgan fingerprint density at radius 3 is 2.56 bits per heavy atom. The van der Waals surface area contributed by atoms with Gasteiger partial charge in [0.1, 0.15) is 17.1 Å². The minimum absolute atomic E-state index is 0.0447. The predicted octanol–water partition coefficient (Wildman–Crippen LogP) is 3.41. The van der Waals surface area contributed by atoms with E-state index in [1.54, 1.807) is 36.7 Å². The summed E-state index contributed by atoms with van der Waals surface area (Å²) in [5.74, 6) is -0.366. The van der Waals surface area contributed by atoms with Crippen LogP contribution in [0.5, 0.6) is 5.75 Å². The van der Waals surface area contributed by atoms with Crippen molar-refractivity contribution in [3.8, 4) is 11.4 Å². The third kappa shape index (κ3) is 3.88. The molecule has 0 saturated heterocycles. The smallest absolute Gasteiger partial charge is 0.416 e. The highest BCUT2D eigenvalue weighted by atomic mass is 19.4. The number of halogens is 3. The van der Waals surface area contributed by atoms with Crippen molar-refractivity contribution in [1.82, 2.24) is 19.0 Å². The van der Waals surface area contributed by atoms with Crippen LogP contribution in [0.4, 0.5) is 13.2 Å². The Balaban J connectivity index is 1.68. The van der Waals surface area contributed by atoms with Gasteiger partial charge in [-0.3, -0.25) is 9.59 Å². The maximum absolute atomic E-state index is 13.3. The van der Waals surface area contributed by atoms with Gasteiger partial charge in [-0.05, 0) is 49.7 Å². The summed E-state index contributed by atoms with van der Waals surface area (Å²) in [6.45, 7) is 3.74. The van der Waals surface area contributed by atoms with E-state index in [1.165, 1.54) is 29.0 Å². The number of nitrogens with zero attached hydrogens (tertiary/aromatic N) is 4. The molecule has 0 N–H and O–H groups in total. The highest BCUT2D eigenvalue weighted by molar-refractivity contribution is 5.93. The molecule has 0 fully saturated rings. The molecule has 4 rings (SSSR count). The van der Waals surface area contributed by atoms with E-state index < -0.39 is 23.7 Å². The highest BCUT2D eigenvalue weighted by Gasteiger charge is 2.34. The van der Waals surface area contributed by atoms with Gasteiger partial charge in [0.25, 0.3) is 11.5 Å². The molecule has 168 valence electrons. The SMILES string of the molecule is COc1cc(CN2C(=O)c3ccc(-n4cnc(C)c4)c(=O)n3C[C@H]2C)cc(C(F)(F)F)c1. The van der Waals surface area contributed by atoms with Crippen LogP contribution in [-0.2, 0) is 19.3 Å². The van der Waals surface area contributed by atoms with Crippen LogP contribution in [0.1, 0.15) is 34.2 Å². The molecular formula is C22H21F3N4O3. The van der Waals surface area contributed by atoms with Gasteiger partial charge in [0, 0.05) is 25.3 Å². The number of fused-ring (bicyclic) bond motifs is 1. The molecule has 1 aliphatic heterocycles. The molecule has 0 radical (unpaired) electrons. The van der Waals surface area contributed by atoms with Crippen LogP contribution < -0.4 is 10.3 Å². The van der Waals surface area contributed by atoms with E-state index in [9.17, 15) is 22.8 Å². The summed E-state index contributed by atoms with van der Waals surface area (Å²) in [5.41, 5.74) is 0.414. The monoisotopic (exact) mass is 446 g/mol. The van der Waals surface area contributed by atoms with Crippen LogP contribution in [0.25, 0.3) is 5.69 Å². The quantitative estimate of drug-likeness (QED) is 0.616. The lowest BCUT2D eigenvalue weighted by molar-refractivity contribution is -0.137. The average molecular weight is 446 g/mol. The zero-order chi connectivity index (χ0) is 23.2. The van der Waals surface area contributed by atoms with Crippen molar-refractivity contribution in [3.05, 3.63) is 75.7 Å². The van der Waals surface area contributed by atoms with Gasteiger partial charge in [0.05, 0.1) is 24.7 Å². The molecule has 3 aromatic rings. The van der Waals surface area contributed by atoms with Gasteiger partial charge in [-0.25, -0.2) is 4.98 Å². The number of hydrogen-bond donors (Lipinski definition) is 0. The summed E-state index contributed by atoms with van der Waals surface area (Å²) >= 11 is 0. The number of pyridine rings is 1. The number of ether oxygens (including phenoxy) is 1. The molecule has 0 bridgehead atoms. The van der Waals surface area contributed by atoms with E-state index in [-0.39, 0.29) is 35.7 Å². The Morgan fingerprint density at radius 2 is 1.94 bits per heavy atom. The van der Waals surface area contributed by atoms with Gasteiger partial charge < -0.3 is 18.8 Å². The lowest BCUT2D eigenvalue weighted by Gasteiger charge is -2.35. The average Bonchev–Trinajstić information content (AvgIpc) is 3.17. The maximum atomic E-state index is 13.3. The Morgan fingerprint density at radius 1 is 1.19 bits per heavy atom. The van der Waals surface area contributed by atoms with E-state index in [1.807, 2.05) is 0 Å². The molecule has 2 aromatic heterocycles. The third-order valence-electron chi connectivity index (χ3n) is 5.49. The molecule has 1 atom stereocenters. The number of imidazole rings is 1. The number of aryl methyl sites for hydroxylation is 1. The summed E-state index contributed by atoms with van der Waals surface area (Å²) < 4.78 is 47.8. The predicted molar refractivity (Wildman–Crippen MR) is 110 cm³/mol. The Bertz CT molecular complexity index is 1250. The minimum Gasteiger partial charge on any atom is -0.497 e. The van der Waals surface area contributed by atoms with Gasteiger partial charge in [-0.15, -0.1) is 0 Å². The lowest BCUT2D eigenvalue weighted by atomic mass is 10.1. The topological polar surface area (TPSA) is 69.4 Å². The maximum Gasteiger partial charge on any atom is 0.416 e. The zero-order valence-corrected chi connectivity index (χ0v) is 17.7. The number of carbonyl (C=O) groups excluding carboxylic acids is 1. The molecule has 10 heteroatoms. The number of hydrogen-bond acceptors (Lipinski definition) is 4. The molecule has 0 spiro atoms. The van der Waals surface area contributed by atoms with E-state index in [0.717, 1.165) is 17.8 Å². The van der Waals surface area contributed by atoms with Gasteiger partial charge in [-0.2, -0.15) is 13.2 Å². The molecular weight excluding hydrogens is 425 g/mol. The fraction of sp³-hybridized carbons (Fsp3) is 0.318. The largest absolute Gasteiger partial charge is 0.497 e. The third-order valence-corrected chi connectivity index (χ3v) is 5.49. The highest BCUT2D eigenvalue weighted by Crippen LogP contribution is 2.33. The van der Waals surface area contributed by atoms with Crippen molar-refractivity contribution in [3.63, 3.8) is 0 Å². The molecule has 0 saturated carbocycles. The molecule has 0 aliphatic carbocycles. The number of methoxy groups -OCH3 is 1. The Kier molecular flexibility index (Phi) is 5.31. The molecule has 1 aromatic carbocycles. The van der Waals surface area contributed by atoms with Crippen molar-refractivity contribution >= 4 is 5.91 Å². The molecule has 1 amide bonds. The van der Waals surface area contributed by atoms with Gasteiger partial charge in [0.15, 0.2) is 0 Å². The first-order valence-corrected chi connectivity index (χ1v) is 9.89. The molecule has 7 nitrogen and oxygen atoms in total. The van der Waals surface area contributed by atoms with Crippen LogP contribution in [0, 0.1) is 6.92 Å². The second-order valence-electron chi connectivity index (χ2n) is 7.79. The van der Waals surface area contributed by atoms with E-state index in [0.29, 0.717) is 5.69 Å². The summed E-state index contributed by atoms with van der Waals surface area (Å²) in [6.07, 6.45) is -1.30. The number of benzene rings is 1. The Labute approximate surface area is 181 Å². The fourth-order valence-corrected chi connectivity index (χ4v) is 3.85. The first-order chi connectivity index (χ1) is 15.1. The van der Waals surface area contributed by atoms with Gasteiger partial charge in [0.2, 0.25) is 0 Å². The zero-order valence-electron chi connectivity index (χ0n) is 17.7. The fourth-order valence-electron chi connectivity index (χ4n) is 3.85. The van der Waals surface area contributed by atoms with Crippen molar-refractivity contribution in [2.45, 2.75) is 39.2 Å². The lowest BCUT2D eigenvalue weighted by Crippen LogP contribution is -2.49. The normalized spacial score (nSPS) is 16.2. The number of aromatic nitrogens is 3. The second kappa shape index (κ2) is 7.85. The van der Waals surface area contributed by atoms with Crippen molar-refractivity contribution in [2.24, 2.45) is 0 Å². The number of alkyl halides is 3. The molecule has 1 aliphatic rings. The summed E-state index contributed by atoms with van der Waals surface area (Å²) in [5, 5.41) is 0. The van der Waals surface area contributed by atoms with Crippen molar-refractivity contribution in [1.29, 1.82) is 0 Å². The second-order valence-corrected chi connectivity index (χ2v) is 7.79. The first-order valence-electron chi connectivity index (χ1n) is 9.89. The Hall–Kier alpha value is -3.56. The molecule has 32 heavy (non-hydrogen) atoms. The van der Waals surface area contributed by atoms with Gasteiger partial charge in [-0.1, -0.05) is 0 Å².